The Hall–Kier alpha value is -6.24. The quantitative estimate of drug-likeness (QED) is 0.178. The molecule has 9 aromatic carbocycles. The first kappa shape index (κ1) is 24.8. The van der Waals surface area contributed by atoms with Gasteiger partial charge in [-0.25, -0.2) is 0 Å². The molecule has 0 heterocycles. The minimum Gasteiger partial charge on any atom is -0.0622 e. The molecule has 0 nitrogen and oxygen atoms in total. The fourth-order valence-electron chi connectivity index (χ4n) is 9.28. The van der Waals surface area contributed by atoms with Gasteiger partial charge in [0.05, 0.1) is 5.48 Å². The van der Waals surface area contributed by atoms with Crippen molar-refractivity contribution in [2.45, 2.75) is 19.3 Å². The summed E-state index contributed by atoms with van der Waals surface area (Å²) in [4.78, 5) is 0. The van der Waals surface area contributed by atoms with Gasteiger partial charge in [-0.3, -0.25) is 0 Å². The summed E-state index contributed by atoms with van der Waals surface area (Å²) in [6.45, 7) is 4.53. The summed E-state index contributed by atoms with van der Waals surface area (Å²) in [7, 11) is 0. The van der Waals surface area contributed by atoms with Crippen molar-refractivity contribution >= 4 is 32.3 Å². The maximum atomic E-state index is 10.2. The van der Waals surface area contributed by atoms with E-state index in [-0.39, 0.29) is 29.6 Å². The molecule has 0 radical (unpaired) electrons. The van der Waals surface area contributed by atoms with Gasteiger partial charge in [0.1, 0.15) is 0 Å². The fraction of sp³-hybridized carbons (Fsp3) is 0.0588. The summed E-state index contributed by atoms with van der Waals surface area (Å²) in [5.41, 5.74) is 13.3. The van der Waals surface area contributed by atoms with E-state index in [0.29, 0.717) is 11.1 Å². The molecule has 2 aliphatic carbocycles. The van der Waals surface area contributed by atoms with Crippen LogP contribution in [-0.4, -0.2) is 0 Å². The molecule has 11 rings (SSSR count). The summed E-state index contributed by atoms with van der Waals surface area (Å²) in [5, 5.41) is 6.30. The minimum atomic E-state index is -0.262. The first-order valence-corrected chi connectivity index (χ1v) is 17.7. The van der Waals surface area contributed by atoms with Crippen molar-refractivity contribution in [1.82, 2.24) is 0 Å². The number of fused-ring (bicyclic) bond motifs is 6. The molecule has 2 aliphatic rings. The molecule has 0 fully saturated rings. The van der Waals surface area contributed by atoms with E-state index in [4.69, 9.17) is 0 Å². The van der Waals surface area contributed by atoms with E-state index < -0.39 is 0 Å². The zero-order chi connectivity index (χ0) is 37.3. The zero-order valence-corrected chi connectivity index (χ0v) is 28.4. The van der Waals surface area contributed by atoms with Gasteiger partial charge in [0.15, 0.2) is 0 Å². The lowest BCUT2D eigenvalue weighted by molar-refractivity contribution is 0.645. The third kappa shape index (κ3) is 3.85. The first-order valence-electron chi connectivity index (χ1n) is 19.7. The number of hydrogen-bond donors (Lipinski definition) is 0. The van der Waals surface area contributed by atoms with Crippen LogP contribution in [0.4, 0.5) is 0 Å². The summed E-state index contributed by atoms with van der Waals surface area (Å²) >= 11 is 0. The van der Waals surface area contributed by atoms with E-state index in [2.05, 4.69) is 141 Å². The molecular formula is C51H34. The van der Waals surface area contributed by atoms with Crippen molar-refractivity contribution in [3.63, 3.8) is 0 Å². The molecule has 0 N–H and O–H groups in total. The molecule has 0 aliphatic heterocycles. The first-order chi connectivity index (χ1) is 26.8. The van der Waals surface area contributed by atoms with Gasteiger partial charge < -0.3 is 0 Å². The van der Waals surface area contributed by atoms with Crippen LogP contribution in [0.5, 0.6) is 0 Å². The molecular weight excluding hydrogens is 613 g/mol. The van der Waals surface area contributed by atoms with Crippen molar-refractivity contribution in [3.05, 3.63) is 181 Å². The van der Waals surface area contributed by atoms with Gasteiger partial charge in [-0.15, -0.1) is 0 Å². The maximum Gasteiger partial charge on any atom is 0.0636 e. The number of hydrogen-bond acceptors (Lipinski definition) is 0. The lowest BCUT2D eigenvalue weighted by Gasteiger charge is -2.35. The van der Waals surface area contributed by atoms with Crippen LogP contribution in [-0.2, 0) is 5.41 Å². The normalized spacial score (nSPS) is 14.5. The highest BCUT2D eigenvalue weighted by molar-refractivity contribution is 6.27. The summed E-state index contributed by atoms with van der Waals surface area (Å²) < 4.78 is 38.6. The standard InChI is InChI=1S/C51H34/c1-51(2)43-27-9-8-20-36(43)38-24-13-23-37-35(28-29-44(51)48(37)38)33-18-10-19-34(30-33)47-40-22-7-6-21-39(40)46(32-14-4-3-5-15-32)49-41-25-11-16-31-17-12-26-42(45(31)41)50(47)49/h3-30H,1-2H3/i10D,18D,19D,30D. The highest BCUT2D eigenvalue weighted by atomic mass is 14.4. The summed E-state index contributed by atoms with van der Waals surface area (Å²) in [5.74, 6) is 0. The average molecular weight is 651 g/mol. The number of rotatable bonds is 3. The molecule has 0 aromatic heterocycles. The zero-order valence-electron chi connectivity index (χ0n) is 32.4. The number of benzene rings is 9. The van der Waals surface area contributed by atoms with Gasteiger partial charge in [-0.1, -0.05) is 178 Å². The van der Waals surface area contributed by atoms with Crippen LogP contribution in [0.2, 0.25) is 0 Å². The Morgan fingerprint density at radius 3 is 1.75 bits per heavy atom. The summed E-state index contributed by atoms with van der Waals surface area (Å²) in [6, 6.07) is 50.5. The Kier molecular flexibility index (Phi) is 5.06. The van der Waals surface area contributed by atoms with Gasteiger partial charge in [0.2, 0.25) is 0 Å². The third-order valence-electron chi connectivity index (χ3n) is 11.5. The van der Waals surface area contributed by atoms with Gasteiger partial charge in [-0.2, -0.15) is 0 Å². The molecule has 0 atom stereocenters. The predicted molar refractivity (Wildman–Crippen MR) is 217 cm³/mol. The fourth-order valence-corrected chi connectivity index (χ4v) is 9.28. The Bertz CT molecular complexity index is 3150. The van der Waals surface area contributed by atoms with Crippen LogP contribution in [0.25, 0.3) is 99.1 Å². The Morgan fingerprint density at radius 2 is 0.980 bits per heavy atom. The Balaban J connectivity index is 1.29. The SMILES string of the molecule is [2H]c1c([2H])c(-c2c3c(c(-c4ccccc4)c4ccccc24)-c2cccc4cccc-3c24)c([2H])c(-c2ccc3c4c(cccc24)-c2ccccc2C3(C)C)c1[2H]. The summed E-state index contributed by atoms with van der Waals surface area (Å²) in [6.07, 6.45) is 0. The average Bonchev–Trinajstić information content (AvgIpc) is 3.54. The van der Waals surface area contributed by atoms with Gasteiger partial charge in [0, 0.05) is 5.41 Å². The van der Waals surface area contributed by atoms with Crippen LogP contribution in [0, 0.1) is 0 Å². The Morgan fingerprint density at radius 1 is 0.392 bits per heavy atom. The van der Waals surface area contributed by atoms with E-state index in [9.17, 15) is 5.48 Å². The largest absolute Gasteiger partial charge is 0.0636 e. The monoisotopic (exact) mass is 650 g/mol. The van der Waals surface area contributed by atoms with Crippen molar-refractivity contribution in [2.75, 3.05) is 0 Å². The lowest BCUT2D eigenvalue weighted by Crippen LogP contribution is -2.23. The highest BCUT2D eigenvalue weighted by Crippen LogP contribution is 2.58. The van der Waals surface area contributed by atoms with Crippen LogP contribution >= 0.6 is 0 Å². The van der Waals surface area contributed by atoms with Gasteiger partial charge >= 0.3 is 0 Å². The third-order valence-corrected chi connectivity index (χ3v) is 11.5. The van der Waals surface area contributed by atoms with Crippen LogP contribution in [0.1, 0.15) is 30.5 Å². The lowest BCUT2D eigenvalue weighted by atomic mass is 9.68. The molecule has 9 aromatic rings. The van der Waals surface area contributed by atoms with Crippen LogP contribution in [0.3, 0.4) is 0 Å². The van der Waals surface area contributed by atoms with Gasteiger partial charge in [0.25, 0.3) is 0 Å². The Labute approximate surface area is 303 Å². The van der Waals surface area contributed by atoms with E-state index in [1.807, 2.05) is 18.2 Å². The van der Waals surface area contributed by atoms with E-state index >= 15 is 0 Å². The van der Waals surface area contributed by atoms with E-state index in [1.54, 1.807) is 0 Å². The second kappa shape index (κ2) is 10.4. The molecule has 51 heavy (non-hydrogen) atoms. The van der Waals surface area contributed by atoms with Crippen molar-refractivity contribution < 1.29 is 5.48 Å². The van der Waals surface area contributed by atoms with Crippen molar-refractivity contribution in [3.8, 4) is 66.8 Å². The molecule has 0 amide bonds. The molecule has 0 bridgehead atoms. The molecule has 0 saturated heterocycles. The van der Waals surface area contributed by atoms with Crippen molar-refractivity contribution in [2.24, 2.45) is 0 Å². The molecule has 0 spiro atoms. The van der Waals surface area contributed by atoms with Crippen LogP contribution in [0.15, 0.2) is 170 Å². The highest BCUT2D eigenvalue weighted by Gasteiger charge is 2.34. The topological polar surface area (TPSA) is 0 Å². The van der Waals surface area contributed by atoms with Gasteiger partial charge in [-0.05, 0) is 116 Å². The smallest absolute Gasteiger partial charge is 0.0622 e. The van der Waals surface area contributed by atoms with E-state index in [1.165, 1.54) is 16.7 Å². The maximum absolute atomic E-state index is 10.2. The minimum absolute atomic E-state index is 0.0952. The van der Waals surface area contributed by atoms with Crippen molar-refractivity contribution in [1.29, 1.82) is 0 Å². The predicted octanol–water partition coefficient (Wildman–Crippen LogP) is 14.1. The van der Waals surface area contributed by atoms with E-state index in [0.717, 1.165) is 82.4 Å². The molecule has 0 saturated carbocycles. The second-order valence-corrected chi connectivity index (χ2v) is 14.4. The molecule has 0 heteroatoms. The molecule has 238 valence electrons. The molecule has 0 unspecified atom stereocenters. The second-order valence-electron chi connectivity index (χ2n) is 14.4. The van der Waals surface area contributed by atoms with Crippen LogP contribution < -0.4 is 0 Å².